The van der Waals surface area contributed by atoms with Crippen molar-refractivity contribution in [2.24, 2.45) is 5.92 Å². The molecule has 0 radical (unpaired) electrons. The van der Waals surface area contributed by atoms with Gasteiger partial charge in [0.2, 0.25) is 18.5 Å². The molecular formula is C33H36N6O9. The van der Waals surface area contributed by atoms with Crippen molar-refractivity contribution in [3.05, 3.63) is 94.0 Å². The molecule has 0 bridgehead atoms. The van der Waals surface area contributed by atoms with E-state index >= 15 is 0 Å². The van der Waals surface area contributed by atoms with Crippen molar-refractivity contribution in [2.45, 2.75) is 66.0 Å². The van der Waals surface area contributed by atoms with Gasteiger partial charge in [0.15, 0.2) is 0 Å². The number of ether oxygens (including phenoxy) is 2. The predicted octanol–water partition coefficient (Wildman–Crippen LogP) is 5.52. The molecule has 0 aliphatic rings. The summed E-state index contributed by atoms with van der Waals surface area (Å²) >= 11 is 0. The van der Waals surface area contributed by atoms with Crippen molar-refractivity contribution in [2.75, 3.05) is 0 Å². The fraction of sp³-hybridized carbons (Fsp3) is 0.333. The Morgan fingerprint density at radius 3 is 2.40 bits per heavy atom. The lowest BCUT2D eigenvalue weighted by Gasteiger charge is -2.32. The van der Waals surface area contributed by atoms with Crippen molar-refractivity contribution >= 4 is 18.0 Å². The van der Waals surface area contributed by atoms with E-state index in [4.69, 9.17) is 9.47 Å². The molecule has 4 aromatic rings. The molecule has 1 atom stereocenters. The Bertz CT molecular complexity index is 1720. The minimum Gasteiger partial charge on any atom is -0.480 e. The molecule has 0 fully saturated rings. The molecule has 15 heteroatoms. The summed E-state index contributed by atoms with van der Waals surface area (Å²) in [5.74, 6) is -1.10. The second-order valence-corrected chi connectivity index (χ2v) is 11.2. The third-order valence-corrected chi connectivity index (χ3v) is 7.26. The number of benzene rings is 3. The summed E-state index contributed by atoms with van der Waals surface area (Å²) in [5.41, 5.74) is 3.50. The average Bonchev–Trinajstić information content (AvgIpc) is 3.54. The molecule has 0 aliphatic heterocycles. The van der Waals surface area contributed by atoms with Crippen LogP contribution in [0, 0.1) is 16.0 Å². The van der Waals surface area contributed by atoms with Crippen LogP contribution in [0.5, 0.6) is 5.75 Å². The number of tetrazole rings is 1. The minimum atomic E-state index is -1.05. The number of nitrogens with zero attached hydrogens (tertiary/aromatic N) is 6. The minimum absolute atomic E-state index is 0.106. The third-order valence-electron chi connectivity index (χ3n) is 7.26. The fourth-order valence-corrected chi connectivity index (χ4v) is 4.98. The SMILES string of the molecule is CCCCC(=O)N(Cc1ccc(-c2ccccc2-c2nnn(COC(=O)Oc3cccc(CO[N+](=O)[O-])c3)n2)cc1)[C@@H](C(=O)O)C(C)C. The number of carboxylic acids is 1. The number of hydrogen-bond donors (Lipinski definition) is 1. The third kappa shape index (κ3) is 9.57. The Morgan fingerprint density at radius 2 is 1.73 bits per heavy atom. The van der Waals surface area contributed by atoms with E-state index in [1.54, 1.807) is 26.0 Å². The van der Waals surface area contributed by atoms with Gasteiger partial charge in [0, 0.05) is 18.5 Å². The average molecular weight is 661 g/mol. The lowest BCUT2D eigenvalue weighted by atomic mass is 9.97. The molecule has 1 heterocycles. The highest BCUT2D eigenvalue weighted by Gasteiger charge is 2.32. The molecule has 0 saturated heterocycles. The molecular weight excluding hydrogens is 624 g/mol. The Balaban J connectivity index is 1.43. The lowest BCUT2D eigenvalue weighted by Crippen LogP contribution is -2.47. The summed E-state index contributed by atoms with van der Waals surface area (Å²) in [6.07, 6.45) is 0.757. The molecule has 3 aromatic carbocycles. The highest BCUT2D eigenvalue weighted by Crippen LogP contribution is 2.30. The van der Waals surface area contributed by atoms with Gasteiger partial charge >= 0.3 is 12.1 Å². The van der Waals surface area contributed by atoms with Gasteiger partial charge in [-0.15, -0.1) is 25.1 Å². The van der Waals surface area contributed by atoms with Gasteiger partial charge in [-0.25, -0.2) is 9.59 Å². The van der Waals surface area contributed by atoms with Crippen molar-refractivity contribution in [1.29, 1.82) is 0 Å². The van der Waals surface area contributed by atoms with Crippen molar-refractivity contribution < 1.29 is 38.9 Å². The quantitative estimate of drug-likeness (QED) is 0.0687. The van der Waals surface area contributed by atoms with Crippen LogP contribution in [0.15, 0.2) is 72.8 Å². The molecule has 1 amide bonds. The number of aliphatic carboxylic acids is 1. The largest absolute Gasteiger partial charge is 0.515 e. The number of aromatic nitrogens is 4. The van der Waals surface area contributed by atoms with Gasteiger partial charge in [-0.2, -0.15) is 0 Å². The summed E-state index contributed by atoms with van der Waals surface area (Å²) in [6, 6.07) is 20.0. The first-order chi connectivity index (χ1) is 23.0. The highest BCUT2D eigenvalue weighted by molar-refractivity contribution is 5.84. The monoisotopic (exact) mass is 660 g/mol. The number of amides is 1. The molecule has 0 aliphatic carbocycles. The Hall–Kier alpha value is -5.86. The Labute approximate surface area is 276 Å². The molecule has 4 rings (SSSR count). The van der Waals surface area contributed by atoms with Crippen LogP contribution in [0.1, 0.15) is 51.2 Å². The fourth-order valence-electron chi connectivity index (χ4n) is 4.98. The zero-order chi connectivity index (χ0) is 34.6. The standard InChI is InChI=1S/C33H36N6O9/c1-4-5-13-29(40)37(30(22(2)3)32(41)42)19-23-14-16-25(17-15-23)27-11-6-7-12-28(27)31-34-36-38(35-31)21-46-33(43)48-26-10-8-9-24(18-26)20-47-39(44)45/h6-12,14-18,22,30H,4-5,13,19-21H2,1-3H3,(H,41,42)/t30-/m1/s1. The van der Waals surface area contributed by atoms with Crippen molar-refractivity contribution in [3.8, 4) is 28.3 Å². The number of rotatable bonds is 16. The van der Waals surface area contributed by atoms with Gasteiger partial charge in [0.1, 0.15) is 18.4 Å². The van der Waals surface area contributed by atoms with Crippen LogP contribution in [0.3, 0.4) is 0 Å². The Kier molecular flexibility index (Phi) is 12.1. The van der Waals surface area contributed by atoms with Gasteiger partial charge in [0.05, 0.1) is 0 Å². The molecule has 15 nitrogen and oxygen atoms in total. The van der Waals surface area contributed by atoms with E-state index in [2.05, 4.69) is 20.2 Å². The normalized spacial score (nSPS) is 11.5. The maximum Gasteiger partial charge on any atom is 0.515 e. The topological polar surface area (TPSA) is 189 Å². The smallest absolute Gasteiger partial charge is 0.480 e. The van der Waals surface area contributed by atoms with Crippen LogP contribution in [-0.2, 0) is 39.0 Å². The molecule has 252 valence electrons. The van der Waals surface area contributed by atoms with Crippen LogP contribution >= 0.6 is 0 Å². The van der Waals surface area contributed by atoms with Crippen LogP contribution in [0.25, 0.3) is 22.5 Å². The van der Waals surface area contributed by atoms with Crippen molar-refractivity contribution in [3.63, 3.8) is 0 Å². The van der Waals surface area contributed by atoms with E-state index in [1.165, 1.54) is 17.0 Å². The lowest BCUT2D eigenvalue weighted by molar-refractivity contribution is -0.763. The number of hydrogen-bond acceptors (Lipinski definition) is 11. The van der Waals surface area contributed by atoms with Gasteiger partial charge in [-0.1, -0.05) is 87.9 Å². The second kappa shape index (κ2) is 16.6. The maximum atomic E-state index is 13.1. The second-order valence-electron chi connectivity index (χ2n) is 11.2. The molecule has 0 saturated carbocycles. The zero-order valence-corrected chi connectivity index (χ0v) is 26.7. The molecule has 0 unspecified atom stereocenters. The predicted molar refractivity (Wildman–Crippen MR) is 170 cm³/mol. The van der Waals surface area contributed by atoms with Crippen LogP contribution < -0.4 is 4.74 Å². The Morgan fingerprint density at radius 1 is 1.00 bits per heavy atom. The molecule has 1 aromatic heterocycles. The maximum absolute atomic E-state index is 13.1. The van der Waals surface area contributed by atoms with E-state index in [-0.39, 0.29) is 43.0 Å². The summed E-state index contributed by atoms with van der Waals surface area (Å²) < 4.78 is 10.2. The summed E-state index contributed by atoms with van der Waals surface area (Å²) in [4.78, 5) is 54.7. The first-order valence-corrected chi connectivity index (χ1v) is 15.2. The molecule has 1 N–H and O–H groups in total. The van der Waals surface area contributed by atoms with Gasteiger partial charge in [-0.05, 0) is 51.9 Å². The van der Waals surface area contributed by atoms with E-state index in [1.807, 2.05) is 55.5 Å². The van der Waals surface area contributed by atoms with E-state index < -0.39 is 30.0 Å². The number of carbonyl (C=O) groups is 3. The summed E-state index contributed by atoms with van der Waals surface area (Å²) in [5, 5.41) is 31.8. The van der Waals surface area contributed by atoms with E-state index in [0.717, 1.165) is 27.9 Å². The zero-order valence-electron chi connectivity index (χ0n) is 26.7. The van der Waals surface area contributed by atoms with Gasteiger partial charge < -0.3 is 24.3 Å². The first kappa shape index (κ1) is 35.0. The first-order valence-electron chi connectivity index (χ1n) is 15.2. The number of unbranched alkanes of at least 4 members (excludes halogenated alkanes) is 1. The van der Waals surface area contributed by atoms with Gasteiger partial charge in [0.25, 0.3) is 5.09 Å². The van der Waals surface area contributed by atoms with Gasteiger partial charge in [-0.3, -0.25) is 4.79 Å². The number of carbonyl (C=O) groups excluding carboxylic acids is 2. The number of carboxylic acid groups (broad SMARTS) is 1. The van der Waals surface area contributed by atoms with E-state index in [9.17, 15) is 29.6 Å². The molecule has 48 heavy (non-hydrogen) atoms. The van der Waals surface area contributed by atoms with Crippen LogP contribution in [0.4, 0.5) is 4.79 Å². The van der Waals surface area contributed by atoms with Crippen molar-refractivity contribution in [1.82, 2.24) is 25.1 Å². The molecule has 0 spiro atoms. The highest BCUT2D eigenvalue weighted by atomic mass is 16.9. The summed E-state index contributed by atoms with van der Waals surface area (Å²) in [6.45, 7) is 5.04. The van der Waals surface area contributed by atoms with Crippen LogP contribution in [0.2, 0.25) is 0 Å². The van der Waals surface area contributed by atoms with E-state index in [0.29, 0.717) is 17.5 Å². The van der Waals surface area contributed by atoms with Crippen LogP contribution in [-0.4, -0.2) is 59.4 Å². The summed E-state index contributed by atoms with van der Waals surface area (Å²) in [7, 11) is 0.